The van der Waals surface area contributed by atoms with E-state index in [2.05, 4.69) is 21.2 Å². The van der Waals surface area contributed by atoms with Gasteiger partial charge in [0, 0.05) is 6.54 Å². The van der Waals surface area contributed by atoms with Crippen molar-refractivity contribution in [1.82, 2.24) is 5.32 Å². The normalized spacial score (nSPS) is 12.1. The van der Waals surface area contributed by atoms with Crippen molar-refractivity contribution < 1.29 is 14.6 Å². The number of benzene rings is 1. The first-order valence-corrected chi connectivity index (χ1v) is 6.78. The van der Waals surface area contributed by atoms with Crippen molar-refractivity contribution >= 4 is 21.9 Å². The zero-order valence-corrected chi connectivity index (χ0v) is 11.9. The summed E-state index contributed by atoms with van der Waals surface area (Å²) in [4.78, 5) is 10.9. The molecule has 0 spiro atoms. The fraction of sp³-hybridized carbons (Fsp3) is 0.462. The molecule has 0 aliphatic rings. The second kappa shape index (κ2) is 8.11. The molecule has 0 saturated carbocycles. The van der Waals surface area contributed by atoms with Crippen LogP contribution in [0.4, 0.5) is 0 Å². The van der Waals surface area contributed by atoms with E-state index in [1.807, 2.05) is 31.2 Å². The molecule has 0 aliphatic carbocycles. The van der Waals surface area contributed by atoms with Crippen molar-refractivity contribution in [3.8, 4) is 5.75 Å². The van der Waals surface area contributed by atoms with E-state index in [1.54, 1.807) is 0 Å². The number of carboxylic acids is 1. The third kappa shape index (κ3) is 5.06. The van der Waals surface area contributed by atoms with Crippen LogP contribution in [0, 0.1) is 0 Å². The number of aliphatic carboxylic acids is 1. The number of para-hydroxylation sites is 1. The molecule has 1 unspecified atom stereocenters. The highest BCUT2D eigenvalue weighted by molar-refractivity contribution is 9.10. The largest absolute Gasteiger partial charge is 0.491 e. The molecule has 1 atom stereocenters. The third-order valence-corrected chi connectivity index (χ3v) is 3.12. The van der Waals surface area contributed by atoms with Gasteiger partial charge >= 0.3 is 5.97 Å². The van der Waals surface area contributed by atoms with Gasteiger partial charge in [0.1, 0.15) is 18.4 Å². The van der Waals surface area contributed by atoms with Crippen LogP contribution in [0.25, 0.3) is 0 Å². The number of halogens is 1. The predicted molar refractivity (Wildman–Crippen MR) is 74.0 cm³/mol. The molecule has 100 valence electrons. The number of nitrogens with one attached hydrogen (secondary N) is 1. The summed E-state index contributed by atoms with van der Waals surface area (Å²) in [5.41, 5.74) is 0. The number of rotatable bonds is 8. The van der Waals surface area contributed by atoms with E-state index in [-0.39, 0.29) is 0 Å². The lowest BCUT2D eigenvalue weighted by molar-refractivity contribution is -0.139. The number of ether oxygens (including phenoxy) is 1. The van der Waals surface area contributed by atoms with Gasteiger partial charge in [0.15, 0.2) is 0 Å². The van der Waals surface area contributed by atoms with Gasteiger partial charge in [0.25, 0.3) is 0 Å². The Kier molecular flexibility index (Phi) is 6.75. The highest BCUT2D eigenvalue weighted by Gasteiger charge is 2.14. The molecule has 5 heteroatoms. The van der Waals surface area contributed by atoms with Gasteiger partial charge in [-0.25, -0.2) is 0 Å². The molecule has 0 aromatic heterocycles. The maximum atomic E-state index is 10.9. The molecular weight excluding hydrogens is 298 g/mol. The van der Waals surface area contributed by atoms with Crippen LogP contribution in [0.1, 0.15) is 19.8 Å². The van der Waals surface area contributed by atoms with E-state index in [4.69, 9.17) is 9.84 Å². The van der Waals surface area contributed by atoms with Crippen LogP contribution < -0.4 is 10.1 Å². The highest BCUT2D eigenvalue weighted by atomic mass is 79.9. The van der Waals surface area contributed by atoms with E-state index in [9.17, 15) is 4.79 Å². The van der Waals surface area contributed by atoms with E-state index < -0.39 is 12.0 Å². The Morgan fingerprint density at radius 2 is 2.22 bits per heavy atom. The van der Waals surface area contributed by atoms with Crippen LogP contribution >= 0.6 is 15.9 Å². The van der Waals surface area contributed by atoms with Crippen molar-refractivity contribution in [1.29, 1.82) is 0 Å². The first-order valence-electron chi connectivity index (χ1n) is 5.98. The van der Waals surface area contributed by atoms with E-state index >= 15 is 0 Å². The molecule has 18 heavy (non-hydrogen) atoms. The topological polar surface area (TPSA) is 58.6 Å². The van der Waals surface area contributed by atoms with Gasteiger partial charge in [0.05, 0.1) is 4.47 Å². The molecule has 0 amide bonds. The molecule has 2 N–H and O–H groups in total. The summed E-state index contributed by atoms with van der Waals surface area (Å²) in [7, 11) is 0. The van der Waals surface area contributed by atoms with Crippen molar-refractivity contribution in [3.05, 3.63) is 28.7 Å². The quantitative estimate of drug-likeness (QED) is 0.724. The summed E-state index contributed by atoms with van der Waals surface area (Å²) in [6, 6.07) is 7.09. The molecule has 0 saturated heterocycles. The van der Waals surface area contributed by atoms with Crippen LogP contribution in [0.2, 0.25) is 0 Å². The van der Waals surface area contributed by atoms with E-state index in [0.29, 0.717) is 19.6 Å². The molecule has 1 aromatic rings. The molecular formula is C13H18BrNO3. The van der Waals surface area contributed by atoms with Crippen molar-refractivity contribution in [3.63, 3.8) is 0 Å². The molecule has 4 nitrogen and oxygen atoms in total. The van der Waals surface area contributed by atoms with Gasteiger partial charge < -0.3 is 15.2 Å². The number of hydrogen-bond acceptors (Lipinski definition) is 3. The van der Waals surface area contributed by atoms with Crippen LogP contribution in [-0.2, 0) is 4.79 Å². The lowest BCUT2D eigenvalue weighted by Gasteiger charge is -2.14. The molecule has 0 fully saturated rings. The molecule has 0 heterocycles. The Labute approximate surface area is 115 Å². The fourth-order valence-electron chi connectivity index (χ4n) is 1.56. The lowest BCUT2D eigenvalue weighted by Crippen LogP contribution is -2.38. The maximum absolute atomic E-state index is 10.9. The molecule has 1 aromatic carbocycles. The summed E-state index contributed by atoms with van der Waals surface area (Å²) in [5.74, 6) is -0.0422. The smallest absolute Gasteiger partial charge is 0.320 e. The standard InChI is InChI=1S/C13H18BrNO3/c1-2-5-11(13(16)17)15-8-9-18-12-7-4-3-6-10(12)14/h3-4,6-7,11,15H,2,5,8-9H2,1H3,(H,16,17). The minimum absolute atomic E-state index is 0.441. The molecule has 0 bridgehead atoms. The molecule has 0 radical (unpaired) electrons. The Bertz CT molecular complexity index is 384. The maximum Gasteiger partial charge on any atom is 0.320 e. The monoisotopic (exact) mass is 315 g/mol. The number of hydrogen-bond donors (Lipinski definition) is 2. The molecule has 1 rings (SSSR count). The minimum atomic E-state index is -0.808. The van der Waals surface area contributed by atoms with Gasteiger partial charge in [-0.2, -0.15) is 0 Å². The van der Waals surface area contributed by atoms with Crippen molar-refractivity contribution in [2.45, 2.75) is 25.8 Å². The number of carbonyl (C=O) groups is 1. The zero-order chi connectivity index (χ0) is 13.4. The first kappa shape index (κ1) is 15.0. The van der Waals surface area contributed by atoms with Crippen molar-refractivity contribution in [2.75, 3.05) is 13.2 Å². The second-order valence-electron chi connectivity index (χ2n) is 3.91. The number of carboxylic acid groups (broad SMARTS) is 1. The van der Waals surface area contributed by atoms with Gasteiger partial charge in [-0.1, -0.05) is 25.5 Å². The Morgan fingerprint density at radius 1 is 1.50 bits per heavy atom. The lowest BCUT2D eigenvalue weighted by atomic mass is 10.2. The zero-order valence-electron chi connectivity index (χ0n) is 10.4. The Balaban J connectivity index is 2.30. The summed E-state index contributed by atoms with van der Waals surface area (Å²) in [5, 5.41) is 11.9. The third-order valence-electron chi connectivity index (χ3n) is 2.46. The van der Waals surface area contributed by atoms with Crippen molar-refractivity contribution in [2.24, 2.45) is 0 Å². The van der Waals surface area contributed by atoms with Crippen LogP contribution in [-0.4, -0.2) is 30.3 Å². The Morgan fingerprint density at radius 3 is 2.83 bits per heavy atom. The summed E-state index contributed by atoms with van der Waals surface area (Å²) in [6.07, 6.45) is 1.47. The summed E-state index contributed by atoms with van der Waals surface area (Å²) >= 11 is 3.39. The first-order chi connectivity index (χ1) is 8.65. The average molecular weight is 316 g/mol. The summed E-state index contributed by atoms with van der Waals surface area (Å²) in [6.45, 7) is 2.92. The van der Waals surface area contributed by atoms with E-state index in [0.717, 1.165) is 16.6 Å². The molecule has 0 aliphatic heterocycles. The average Bonchev–Trinajstić information content (AvgIpc) is 2.35. The Hall–Kier alpha value is -1.07. The minimum Gasteiger partial charge on any atom is -0.491 e. The fourth-order valence-corrected chi connectivity index (χ4v) is 1.96. The van der Waals surface area contributed by atoms with Crippen LogP contribution in [0.3, 0.4) is 0 Å². The SMILES string of the molecule is CCCC(NCCOc1ccccc1Br)C(=O)O. The summed E-state index contributed by atoms with van der Waals surface area (Å²) < 4.78 is 6.44. The van der Waals surface area contributed by atoms with E-state index in [1.165, 1.54) is 0 Å². The van der Waals surface area contributed by atoms with Gasteiger partial charge in [-0.05, 0) is 34.5 Å². The van der Waals surface area contributed by atoms with Gasteiger partial charge in [-0.15, -0.1) is 0 Å². The highest BCUT2D eigenvalue weighted by Crippen LogP contribution is 2.23. The van der Waals surface area contributed by atoms with Crippen LogP contribution in [0.5, 0.6) is 5.75 Å². The van der Waals surface area contributed by atoms with Gasteiger partial charge in [0.2, 0.25) is 0 Å². The predicted octanol–water partition coefficient (Wildman–Crippen LogP) is 2.67. The second-order valence-corrected chi connectivity index (χ2v) is 4.77. The van der Waals surface area contributed by atoms with Crippen LogP contribution in [0.15, 0.2) is 28.7 Å². The van der Waals surface area contributed by atoms with Gasteiger partial charge in [-0.3, -0.25) is 4.79 Å².